The van der Waals surface area contributed by atoms with Crippen LogP contribution < -0.4 is 5.32 Å². The van der Waals surface area contributed by atoms with E-state index in [1.165, 1.54) is 0 Å². The summed E-state index contributed by atoms with van der Waals surface area (Å²) in [4.78, 5) is 35.4. The predicted octanol–water partition coefficient (Wildman–Crippen LogP) is 1.58. The number of benzene rings is 1. The van der Waals surface area contributed by atoms with Gasteiger partial charge in [-0.1, -0.05) is 18.2 Å². The summed E-state index contributed by atoms with van der Waals surface area (Å²) in [5, 5.41) is 2.90. The Morgan fingerprint density at radius 2 is 1.88 bits per heavy atom. The van der Waals surface area contributed by atoms with E-state index in [0.717, 1.165) is 0 Å². The van der Waals surface area contributed by atoms with Crippen molar-refractivity contribution in [3.8, 4) is 0 Å². The monoisotopic (exact) mass is 333 g/mol. The maximum Gasteiger partial charge on any atom is 0.347 e. The number of carbonyl (C=O) groups excluding carboxylic acids is 3. The summed E-state index contributed by atoms with van der Waals surface area (Å²) >= 11 is 0. The number of para-hydroxylation sites is 1. The van der Waals surface area contributed by atoms with Crippen molar-refractivity contribution in [1.29, 1.82) is 0 Å². The van der Waals surface area contributed by atoms with Crippen LogP contribution in [0.5, 0.6) is 0 Å². The van der Waals surface area contributed by atoms with Gasteiger partial charge in [0.1, 0.15) is 0 Å². The Labute approximate surface area is 139 Å². The Hall–Kier alpha value is -2.83. The van der Waals surface area contributed by atoms with E-state index in [1.54, 1.807) is 38.1 Å². The molecule has 0 saturated carbocycles. The molecule has 1 heterocycles. The highest BCUT2D eigenvalue weighted by atomic mass is 16.5. The Morgan fingerprint density at radius 3 is 2.58 bits per heavy atom. The molecule has 1 aliphatic heterocycles. The fourth-order valence-electron chi connectivity index (χ4n) is 2.20. The van der Waals surface area contributed by atoms with E-state index < -0.39 is 11.8 Å². The molecule has 0 fully saturated rings. The van der Waals surface area contributed by atoms with Crippen LogP contribution in [-0.4, -0.2) is 37.5 Å². The Bertz CT molecular complexity index is 679. The fraction of sp³-hybridized carbons (Fsp3) is 0.353. The molecule has 7 nitrogen and oxygen atoms in total. The molecule has 0 saturated heterocycles. The molecule has 0 amide bonds. The molecule has 0 aliphatic carbocycles. The zero-order valence-corrected chi connectivity index (χ0v) is 13.6. The lowest BCUT2D eigenvalue weighted by molar-refractivity contribution is -0.142. The number of ether oxygens (including phenoxy) is 3. The topological polar surface area (TPSA) is 90.9 Å². The SMILES string of the molecule is CCOC(=O)Cc1ccccc1NC1=C(C(=O)OCC)C(=O)CO1. The molecular weight excluding hydrogens is 314 g/mol. The first kappa shape index (κ1) is 17.5. The number of carbonyl (C=O) groups is 3. The largest absolute Gasteiger partial charge is 0.470 e. The van der Waals surface area contributed by atoms with Crippen LogP contribution in [0.2, 0.25) is 0 Å². The molecule has 1 aromatic carbocycles. The first-order valence-corrected chi connectivity index (χ1v) is 7.64. The van der Waals surface area contributed by atoms with Crippen molar-refractivity contribution < 1.29 is 28.6 Å². The number of Topliss-reactive ketones (excluding diaryl/α,β-unsaturated/α-hetero) is 1. The summed E-state index contributed by atoms with van der Waals surface area (Å²) in [6, 6.07) is 7.01. The molecular formula is C17H19NO6. The second-order valence-corrected chi connectivity index (χ2v) is 4.90. The summed E-state index contributed by atoms with van der Waals surface area (Å²) < 4.78 is 15.1. The molecule has 0 bridgehead atoms. The second kappa shape index (κ2) is 8.14. The summed E-state index contributed by atoms with van der Waals surface area (Å²) in [5.41, 5.74) is 1.06. The number of hydrogen-bond acceptors (Lipinski definition) is 7. The Morgan fingerprint density at radius 1 is 1.17 bits per heavy atom. The minimum absolute atomic E-state index is 0.0368. The van der Waals surface area contributed by atoms with E-state index in [4.69, 9.17) is 14.2 Å². The standard InChI is InChI=1S/C17H19NO6/c1-3-22-14(20)9-11-7-5-6-8-12(11)18-16-15(13(19)10-24-16)17(21)23-4-2/h5-8,18H,3-4,9-10H2,1-2H3. The van der Waals surface area contributed by atoms with Crippen molar-refractivity contribution >= 4 is 23.4 Å². The van der Waals surface area contributed by atoms with Gasteiger partial charge < -0.3 is 19.5 Å². The molecule has 7 heteroatoms. The molecule has 2 rings (SSSR count). The highest BCUT2D eigenvalue weighted by Gasteiger charge is 2.32. The highest BCUT2D eigenvalue weighted by molar-refractivity contribution is 6.19. The second-order valence-electron chi connectivity index (χ2n) is 4.90. The number of rotatable bonds is 7. The molecule has 0 unspecified atom stereocenters. The van der Waals surface area contributed by atoms with Crippen molar-refractivity contribution in [2.45, 2.75) is 20.3 Å². The van der Waals surface area contributed by atoms with Gasteiger partial charge in [-0.2, -0.15) is 0 Å². The molecule has 0 atom stereocenters. The van der Waals surface area contributed by atoms with E-state index in [9.17, 15) is 14.4 Å². The van der Waals surface area contributed by atoms with Crippen LogP contribution in [0.1, 0.15) is 19.4 Å². The van der Waals surface area contributed by atoms with Crippen molar-refractivity contribution in [3.05, 3.63) is 41.3 Å². The summed E-state index contributed by atoms with van der Waals surface area (Å²) in [5.74, 6) is -1.51. The van der Waals surface area contributed by atoms with Gasteiger partial charge in [-0.3, -0.25) is 9.59 Å². The van der Waals surface area contributed by atoms with E-state index in [0.29, 0.717) is 17.9 Å². The third-order valence-electron chi connectivity index (χ3n) is 3.24. The van der Waals surface area contributed by atoms with Crippen LogP contribution in [0.3, 0.4) is 0 Å². The summed E-state index contributed by atoms with van der Waals surface area (Å²) in [6.45, 7) is 3.61. The van der Waals surface area contributed by atoms with Gasteiger partial charge in [0.15, 0.2) is 12.2 Å². The molecule has 24 heavy (non-hydrogen) atoms. The quantitative estimate of drug-likeness (QED) is 0.598. The lowest BCUT2D eigenvalue weighted by Crippen LogP contribution is -2.16. The van der Waals surface area contributed by atoms with Crippen molar-refractivity contribution in [2.24, 2.45) is 0 Å². The predicted molar refractivity (Wildman–Crippen MR) is 85.0 cm³/mol. The first-order valence-electron chi connectivity index (χ1n) is 7.64. The van der Waals surface area contributed by atoms with E-state index in [1.807, 2.05) is 0 Å². The van der Waals surface area contributed by atoms with Crippen LogP contribution in [0.4, 0.5) is 5.69 Å². The van der Waals surface area contributed by atoms with Crippen molar-refractivity contribution in [3.63, 3.8) is 0 Å². The third-order valence-corrected chi connectivity index (χ3v) is 3.24. The summed E-state index contributed by atoms with van der Waals surface area (Å²) in [6.07, 6.45) is 0.0625. The van der Waals surface area contributed by atoms with Crippen LogP contribution in [-0.2, 0) is 35.0 Å². The molecule has 128 valence electrons. The Balaban J connectivity index is 2.25. The van der Waals surface area contributed by atoms with Gasteiger partial charge in [0, 0.05) is 5.69 Å². The van der Waals surface area contributed by atoms with E-state index in [-0.39, 0.29) is 37.1 Å². The maximum atomic E-state index is 11.9. The molecule has 0 radical (unpaired) electrons. The number of hydrogen-bond donors (Lipinski definition) is 1. The van der Waals surface area contributed by atoms with Gasteiger partial charge in [-0.25, -0.2) is 4.79 Å². The maximum absolute atomic E-state index is 11.9. The lowest BCUT2D eigenvalue weighted by atomic mass is 10.1. The minimum Gasteiger partial charge on any atom is -0.470 e. The smallest absolute Gasteiger partial charge is 0.347 e. The van der Waals surface area contributed by atoms with Gasteiger partial charge in [-0.05, 0) is 25.5 Å². The zero-order valence-electron chi connectivity index (χ0n) is 13.6. The van der Waals surface area contributed by atoms with Gasteiger partial charge in [0.25, 0.3) is 0 Å². The number of esters is 2. The van der Waals surface area contributed by atoms with Crippen LogP contribution in [0, 0.1) is 0 Å². The van der Waals surface area contributed by atoms with Gasteiger partial charge in [0.05, 0.1) is 19.6 Å². The van der Waals surface area contributed by atoms with Crippen LogP contribution in [0.25, 0.3) is 0 Å². The highest BCUT2D eigenvalue weighted by Crippen LogP contribution is 2.24. The Kier molecular flexibility index (Phi) is 5.95. The van der Waals surface area contributed by atoms with E-state index >= 15 is 0 Å². The average molecular weight is 333 g/mol. The lowest BCUT2D eigenvalue weighted by Gasteiger charge is -2.13. The summed E-state index contributed by atoms with van der Waals surface area (Å²) in [7, 11) is 0. The fourth-order valence-corrected chi connectivity index (χ4v) is 2.20. The van der Waals surface area contributed by atoms with E-state index in [2.05, 4.69) is 5.32 Å². The zero-order chi connectivity index (χ0) is 17.5. The molecule has 0 aromatic heterocycles. The van der Waals surface area contributed by atoms with Crippen molar-refractivity contribution in [2.75, 3.05) is 25.1 Å². The molecule has 0 spiro atoms. The molecule has 1 N–H and O–H groups in total. The van der Waals surface area contributed by atoms with Gasteiger partial charge in [0.2, 0.25) is 11.7 Å². The first-order chi connectivity index (χ1) is 11.6. The normalized spacial score (nSPS) is 13.5. The van der Waals surface area contributed by atoms with Crippen LogP contribution >= 0.6 is 0 Å². The third kappa shape index (κ3) is 4.13. The molecule has 1 aromatic rings. The van der Waals surface area contributed by atoms with Gasteiger partial charge in [-0.15, -0.1) is 0 Å². The number of nitrogens with one attached hydrogen (secondary N) is 1. The molecule has 1 aliphatic rings. The van der Waals surface area contributed by atoms with Crippen LogP contribution in [0.15, 0.2) is 35.7 Å². The number of anilines is 1. The van der Waals surface area contributed by atoms with Gasteiger partial charge >= 0.3 is 11.9 Å². The minimum atomic E-state index is -0.731. The average Bonchev–Trinajstić information content (AvgIpc) is 2.90. The number of ketones is 1. The van der Waals surface area contributed by atoms with Crippen molar-refractivity contribution in [1.82, 2.24) is 0 Å².